The molecule has 4 amide bonds. The maximum Gasteiger partial charge on any atom is 0.349 e. The molecule has 0 aliphatic heterocycles. The second-order valence-electron chi connectivity index (χ2n) is 7.54. The van der Waals surface area contributed by atoms with Crippen molar-refractivity contribution >= 4 is 23.5 Å². The van der Waals surface area contributed by atoms with Crippen LogP contribution in [0.15, 0.2) is 60.7 Å². The second kappa shape index (κ2) is 11.7. The summed E-state index contributed by atoms with van der Waals surface area (Å²) in [6.45, 7) is 4.07. The summed E-state index contributed by atoms with van der Waals surface area (Å²) >= 11 is 0. The van der Waals surface area contributed by atoms with E-state index in [9.17, 15) is 19.6 Å². The number of nitrogens with zero attached hydrogens (tertiary/aromatic N) is 1. The van der Waals surface area contributed by atoms with Crippen molar-refractivity contribution in [1.82, 2.24) is 10.4 Å². The number of para-hydroxylation sites is 1. The Morgan fingerprint density at radius 2 is 1.57 bits per heavy atom. The lowest BCUT2D eigenvalue weighted by Gasteiger charge is -2.21. The van der Waals surface area contributed by atoms with E-state index in [1.54, 1.807) is 24.3 Å². The maximum absolute atomic E-state index is 12.8. The van der Waals surface area contributed by atoms with Crippen molar-refractivity contribution in [2.45, 2.75) is 45.6 Å². The quantitative estimate of drug-likeness (QED) is 0.429. The summed E-state index contributed by atoms with van der Waals surface area (Å²) in [5, 5.41) is 15.3. The summed E-state index contributed by atoms with van der Waals surface area (Å²) in [5.41, 5.74) is 1.42. The number of amides is 4. The van der Waals surface area contributed by atoms with E-state index in [4.69, 9.17) is 0 Å². The zero-order valence-electron chi connectivity index (χ0n) is 17.4. The smallest absolute Gasteiger partial charge is 0.324 e. The fourth-order valence-electron chi connectivity index (χ4n) is 2.90. The molecule has 0 radical (unpaired) electrons. The fraction of sp³-hybridized carbons (Fsp3) is 0.348. The van der Waals surface area contributed by atoms with Crippen molar-refractivity contribution in [1.29, 1.82) is 0 Å². The zero-order valence-corrected chi connectivity index (χ0v) is 17.4. The predicted octanol–water partition coefficient (Wildman–Crippen LogP) is 3.99. The lowest BCUT2D eigenvalue weighted by molar-refractivity contribution is -0.153. The van der Waals surface area contributed by atoms with Gasteiger partial charge in [0.25, 0.3) is 5.91 Å². The minimum atomic E-state index is -1.02. The number of urea groups is 1. The molecule has 2 aromatic carbocycles. The van der Waals surface area contributed by atoms with Gasteiger partial charge in [-0.1, -0.05) is 68.8 Å². The highest BCUT2D eigenvalue weighted by atomic mass is 16.5. The van der Waals surface area contributed by atoms with E-state index in [2.05, 4.69) is 10.6 Å². The monoisotopic (exact) mass is 411 g/mol. The molecule has 3 N–H and O–H groups in total. The maximum atomic E-state index is 12.8. The summed E-state index contributed by atoms with van der Waals surface area (Å²) in [6.07, 6.45) is 1.66. The largest absolute Gasteiger partial charge is 0.349 e. The molecule has 0 saturated carbocycles. The molecule has 0 saturated heterocycles. The van der Waals surface area contributed by atoms with Crippen LogP contribution in [-0.2, 0) is 16.0 Å². The van der Waals surface area contributed by atoms with Crippen LogP contribution in [0, 0.1) is 5.92 Å². The van der Waals surface area contributed by atoms with E-state index in [0.29, 0.717) is 18.0 Å². The van der Waals surface area contributed by atoms with Gasteiger partial charge in [-0.3, -0.25) is 14.8 Å². The van der Waals surface area contributed by atoms with Crippen molar-refractivity contribution in [2.24, 2.45) is 5.92 Å². The van der Waals surface area contributed by atoms with Crippen molar-refractivity contribution < 1.29 is 19.6 Å². The highest BCUT2D eigenvalue weighted by Gasteiger charge is 2.26. The number of carbonyl (C=O) groups excluding carboxylic acids is 3. The molecule has 30 heavy (non-hydrogen) atoms. The number of hydrogen-bond donors (Lipinski definition) is 3. The third kappa shape index (κ3) is 7.67. The van der Waals surface area contributed by atoms with Crippen molar-refractivity contribution in [3.05, 3.63) is 66.2 Å². The zero-order chi connectivity index (χ0) is 21.9. The Kier molecular flexibility index (Phi) is 9.03. The molecule has 2 aromatic rings. The van der Waals surface area contributed by atoms with Gasteiger partial charge < -0.3 is 10.6 Å². The molecule has 7 heteroatoms. The normalized spacial score (nSPS) is 11.6. The first-order valence-electron chi connectivity index (χ1n) is 10.1. The Morgan fingerprint density at radius 1 is 0.967 bits per heavy atom. The molecule has 0 aliphatic carbocycles. The second-order valence-corrected chi connectivity index (χ2v) is 7.54. The number of hydroxylamine groups is 2. The average molecular weight is 412 g/mol. The minimum absolute atomic E-state index is 0.0572. The number of rotatable bonds is 9. The predicted molar refractivity (Wildman–Crippen MR) is 115 cm³/mol. The number of imide groups is 1. The molecule has 0 spiro atoms. The Bertz CT molecular complexity index is 825. The first kappa shape index (κ1) is 23.1. The number of nitrogens with one attached hydrogen (secondary N) is 2. The number of hydrogen-bond acceptors (Lipinski definition) is 4. The summed E-state index contributed by atoms with van der Waals surface area (Å²) in [4.78, 5) is 37.3. The topological polar surface area (TPSA) is 98.7 Å². The van der Waals surface area contributed by atoms with Gasteiger partial charge in [-0.25, -0.2) is 4.79 Å². The number of benzene rings is 2. The number of anilines is 1. The third-order valence-electron chi connectivity index (χ3n) is 4.54. The Hall–Kier alpha value is -3.19. The molecule has 0 bridgehead atoms. The van der Waals surface area contributed by atoms with Crippen LogP contribution >= 0.6 is 0 Å². The summed E-state index contributed by atoms with van der Waals surface area (Å²) in [5.74, 6) is -0.718. The summed E-state index contributed by atoms with van der Waals surface area (Å²) in [7, 11) is 0. The highest BCUT2D eigenvalue weighted by Crippen LogP contribution is 2.10. The number of carbonyl (C=O) groups is 3. The van der Waals surface area contributed by atoms with Gasteiger partial charge in [-0.05, 0) is 30.0 Å². The van der Waals surface area contributed by atoms with Gasteiger partial charge >= 0.3 is 6.03 Å². The summed E-state index contributed by atoms with van der Waals surface area (Å²) < 4.78 is 0. The van der Waals surface area contributed by atoms with Crippen LogP contribution < -0.4 is 10.6 Å². The van der Waals surface area contributed by atoms with Gasteiger partial charge in [0, 0.05) is 18.5 Å². The molecular weight excluding hydrogens is 382 g/mol. The summed E-state index contributed by atoms with van der Waals surface area (Å²) in [6, 6.07) is 16.1. The van der Waals surface area contributed by atoms with E-state index in [0.717, 1.165) is 12.0 Å². The van der Waals surface area contributed by atoms with Gasteiger partial charge in [0.1, 0.15) is 6.04 Å². The van der Waals surface area contributed by atoms with Crippen LogP contribution in [0.1, 0.15) is 38.7 Å². The van der Waals surface area contributed by atoms with Crippen LogP contribution in [0.5, 0.6) is 0 Å². The van der Waals surface area contributed by atoms with Gasteiger partial charge in [-0.15, -0.1) is 5.06 Å². The molecule has 0 unspecified atom stereocenters. The van der Waals surface area contributed by atoms with Gasteiger partial charge in [-0.2, -0.15) is 0 Å². The molecule has 0 aliphatic rings. The van der Waals surface area contributed by atoms with Crippen molar-refractivity contribution in [3.63, 3.8) is 0 Å². The Labute approximate surface area is 177 Å². The SMILES string of the molecule is CC(C)CCCC(=O)N(O)C(=O)N[C@@H](Cc1ccccc1)C(=O)Nc1ccccc1. The van der Waals surface area contributed by atoms with E-state index in [1.807, 2.05) is 50.2 Å². The van der Waals surface area contributed by atoms with E-state index >= 15 is 0 Å². The van der Waals surface area contributed by atoms with Gasteiger partial charge in [0.2, 0.25) is 5.91 Å². The lowest BCUT2D eigenvalue weighted by Crippen LogP contribution is -2.51. The Morgan fingerprint density at radius 3 is 2.17 bits per heavy atom. The van der Waals surface area contributed by atoms with Gasteiger partial charge in [0.15, 0.2) is 0 Å². The van der Waals surface area contributed by atoms with Crippen LogP contribution in [0.3, 0.4) is 0 Å². The van der Waals surface area contributed by atoms with E-state index in [-0.39, 0.29) is 17.9 Å². The van der Waals surface area contributed by atoms with Crippen LogP contribution in [0.25, 0.3) is 0 Å². The molecule has 0 heterocycles. The first-order valence-corrected chi connectivity index (χ1v) is 10.1. The van der Waals surface area contributed by atoms with Crippen LogP contribution in [0.2, 0.25) is 0 Å². The van der Waals surface area contributed by atoms with Crippen LogP contribution in [-0.4, -0.2) is 34.2 Å². The minimum Gasteiger partial charge on any atom is -0.324 e. The average Bonchev–Trinajstić information content (AvgIpc) is 2.73. The molecule has 7 nitrogen and oxygen atoms in total. The Balaban J connectivity index is 2.04. The molecule has 1 atom stereocenters. The molecule has 160 valence electrons. The van der Waals surface area contributed by atoms with E-state index < -0.39 is 23.9 Å². The lowest BCUT2D eigenvalue weighted by atomic mass is 10.1. The molecule has 2 rings (SSSR count). The first-order chi connectivity index (χ1) is 14.4. The molecule has 0 aromatic heterocycles. The third-order valence-corrected chi connectivity index (χ3v) is 4.54. The molecular formula is C23H29N3O4. The van der Waals surface area contributed by atoms with Crippen molar-refractivity contribution in [2.75, 3.05) is 5.32 Å². The van der Waals surface area contributed by atoms with Crippen molar-refractivity contribution in [3.8, 4) is 0 Å². The standard InChI is InChI=1S/C23H29N3O4/c1-17(2)10-9-15-21(27)26(30)23(29)25-20(16-18-11-5-3-6-12-18)22(28)24-19-13-7-4-8-14-19/h3-8,11-14,17,20,30H,9-10,15-16H2,1-2H3,(H,24,28)(H,25,29)/t20-/m0/s1. The van der Waals surface area contributed by atoms with E-state index in [1.165, 1.54) is 0 Å². The molecule has 0 fully saturated rings. The fourth-order valence-corrected chi connectivity index (χ4v) is 2.90. The highest BCUT2D eigenvalue weighted by molar-refractivity contribution is 5.99. The van der Waals surface area contributed by atoms with Crippen LogP contribution in [0.4, 0.5) is 10.5 Å². The van der Waals surface area contributed by atoms with Gasteiger partial charge in [0.05, 0.1) is 0 Å².